The van der Waals surface area contributed by atoms with Gasteiger partial charge in [-0.1, -0.05) is 6.07 Å². The van der Waals surface area contributed by atoms with Crippen molar-refractivity contribution in [2.24, 2.45) is 0 Å². The summed E-state index contributed by atoms with van der Waals surface area (Å²) in [4.78, 5) is 24.1. The van der Waals surface area contributed by atoms with E-state index >= 15 is 0 Å². The van der Waals surface area contributed by atoms with E-state index in [4.69, 9.17) is 9.47 Å². The molecule has 2 aromatic rings. The molecule has 0 aliphatic rings. The highest BCUT2D eigenvalue weighted by Crippen LogP contribution is 2.16. The molecule has 0 radical (unpaired) electrons. The van der Waals surface area contributed by atoms with Crippen LogP contribution in [0.5, 0.6) is 11.5 Å². The number of esters is 1. The first kappa shape index (κ1) is 15.6. The Morgan fingerprint density at radius 2 is 1.73 bits per heavy atom. The van der Waals surface area contributed by atoms with E-state index in [1.54, 1.807) is 24.3 Å². The third kappa shape index (κ3) is 3.63. The Hall–Kier alpha value is -2.82. The fourth-order valence-electron chi connectivity index (χ4n) is 1.90. The second kappa shape index (κ2) is 6.76. The van der Waals surface area contributed by atoms with Crippen LogP contribution in [0.3, 0.4) is 0 Å². The lowest BCUT2D eigenvalue weighted by Crippen LogP contribution is -2.24. The third-order valence-corrected chi connectivity index (χ3v) is 3.11. The van der Waals surface area contributed by atoms with Gasteiger partial charge in [-0.05, 0) is 49.4 Å². The summed E-state index contributed by atoms with van der Waals surface area (Å²) in [5.41, 5.74) is 0.617. The van der Waals surface area contributed by atoms with E-state index in [2.05, 4.69) is 0 Å². The van der Waals surface area contributed by atoms with Crippen molar-refractivity contribution in [1.82, 2.24) is 0 Å². The molecule has 5 nitrogen and oxygen atoms in total. The van der Waals surface area contributed by atoms with E-state index in [0.29, 0.717) is 11.3 Å². The van der Waals surface area contributed by atoms with Crippen LogP contribution >= 0.6 is 0 Å². The Labute approximate surface area is 128 Å². The van der Waals surface area contributed by atoms with Gasteiger partial charge in [0, 0.05) is 5.56 Å². The van der Waals surface area contributed by atoms with Crippen LogP contribution in [0.2, 0.25) is 0 Å². The molecular weight excluding hydrogens is 284 g/mol. The van der Waals surface area contributed by atoms with Crippen molar-refractivity contribution in [3.05, 3.63) is 59.7 Å². The molecule has 0 aromatic heterocycles. The summed E-state index contributed by atoms with van der Waals surface area (Å²) in [7, 11) is 1.54. The number of carbonyl (C=O) groups is 2. The number of phenols is 1. The standard InChI is InChI=1S/C17H16O5/c1-11(16(19)12-6-8-15(21-2)9-7-12)22-17(20)13-4-3-5-14(18)10-13/h3-11,18H,1-2H3/t11-/m0/s1. The van der Waals surface area contributed by atoms with Gasteiger partial charge in [-0.15, -0.1) is 0 Å². The van der Waals surface area contributed by atoms with Crippen LogP contribution < -0.4 is 4.74 Å². The Morgan fingerprint density at radius 3 is 2.32 bits per heavy atom. The Balaban J connectivity index is 2.05. The molecular formula is C17H16O5. The Morgan fingerprint density at radius 1 is 1.05 bits per heavy atom. The molecule has 0 bridgehead atoms. The zero-order valence-corrected chi connectivity index (χ0v) is 12.3. The molecule has 0 spiro atoms. The summed E-state index contributed by atoms with van der Waals surface area (Å²) in [6, 6.07) is 12.3. The number of ketones is 1. The molecule has 0 unspecified atom stereocenters. The van der Waals surface area contributed by atoms with Gasteiger partial charge in [0.1, 0.15) is 11.5 Å². The van der Waals surface area contributed by atoms with Gasteiger partial charge in [-0.3, -0.25) is 4.79 Å². The van der Waals surface area contributed by atoms with Crippen molar-refractivity contribution < 1.29 is 24.2 Å². The quantitative estimate of drug-likeness (QED) is 0.679. The topological polar surface area (TPSA) is 72.8 Å². The van der Waals surface area contributed by atoms with Gasteiger partial charge >= 0.3 is 5.97 Å². The number of Topliss-reactive ketones (excluding diaryl/α,β-unsaturated/α-hetero) is 1. The van der Waals surface area contributed by atoms with Crippen molar-refractivity contribution in [3.8, 4) is 11.5 Å². The molecule has 0 saturated heterocycles. The third-order valence-electron chi connectivity index (χ3n) is 3.11. The highest BCUT2D eigenvalue weighted by atomic mass is 16.5. The van der Waals surface area contributed by atoms with Crippen molar-refractivity contribution in [2.75, 3.05) is 7.11 Å². The summed E-state index contributed by atoms with van der Waals surface area (Å²) in [5, 5.41) is 9.35. The van der Waals surface area contributed by atoms with Crippen LogP contribution in [-0.2, 0) is 4.74 Å². The lowest BCUT2D eigenvalue weighted by molar-refractivity contribution is 0.0318. The van der Waals surface area contributed by atoms with Crippen LogP contribution in [0, 0.1) is 0 Å². The maximum atomic E-state index is 12.2. The lowest BCUT2D eigenvalue weighted by atomic mass is 10.1. The molecule has 0 fully saturated rings. The average Bonchev–Trinajstić information content (AvgIpc) is 2.54. The largest absolute Gasteiger partial charge is 0.508 e. The zero-order valence-electron chi connectivity index (χ0n) is 12.3. The summed E-state index contributed by atoms with van der Waals surface area (Å²) in [5.74, 6) is -0.369. The van der Waals surface area contributed by atoms with Crippen LogP contribution in [0.1, 0.15) is 27.6 Å². The van der Waals surface area contributed by atoms with E-state index < -0.39 is 12.1 Å². The molecule has 0 heterocycles. The Bertz CT molecular complexity index is 676. The van der Waals surface area contributed by atoms with E-state index in [1.165, 1.54) is 38.3 Å². The normalized spacial score (nSPS) is 11.5. The first-order chi connectivity index (χ1) is 10.5. The number of carbonyl (C=O) groups excluding carboxylic acids is 2. The van der Waals surface area contributed by atoms with Gasteiger partial charge in [0.25, 0.3) is 0 Å². The monoisotopic (exact) mass is 300 g/mol. The molecule has 2 aromatic carbocycles. The minimum absolute atomic E-state index is 0.0383. The molecule has 1 atom stereocenters. The van der Waals surface area contributed by atoms with Gasteiger partial charge in [0.05, 0.1) is 12.7 Å². The van der Waals surface area contributed by atoms with Crippen LogP contribution in [0.15, 0.2) is 48.5 Å². The van der Waals surface area contributed by atoms with E-state index in [-0.39, 0.29) is 17.1 Å². The first-order valence-corrected chi connectivity index (χ1v) is 6.69. The van der Waals surface area contributed by atoms with E-state index in [0.717, 1.165) is 0 Å². The summed E-state index contributed by atoms with van der Waals surface area (Å²) < 4.78 is 10.2. The molecule has 2 rings (SSSR count). The fraction of sp³-hybridized carbons (Fsp3) is 0.176. The number of phenolic OH excluding ortho intramolecular Hbond substituents is 1. The van der Waals surface area contributed by atoms with Gasteiger partial charge in [0.15, 0.2) is 6.10 Å². The Kier molecular flexibility index (Phi) is 4.78. The van der Waals surface area contributed by atoms with Crippen LogP contribution in [0.25, 0.3) is 0 Å². The minimum Gasteiger partial charge on any atom is -0.508 e. The molecule has 114 valence electrons. The smallest absolute Gasteiger partial charge is 0.338 e. The SMILES string of the molecule is COc1ccc(C(=O)[C@H](C)OC(=O)c2cccc(O)c2)cc1. The lowest BCUT2D eigenvalue weighted by Gasteiger charge is -2.12. The highest BCUT2D eigenvalue weighted by molar-refractivity contribution is 6.01. The number of hydrogen-bond donors (Lipinski definition) is 1. The average molecular weight is 300 g/mol. The molecule has 0 aliphatic carbocycles. The molecule has 22 heavy (non-hydrogen) atoms. The second-order valence-corrected chi connectivity index (χ2v) is 4.69. The number of hydrogen-bond acceptors (Lipinski definition) is 5. The van der Waals surface area contributed by atoms with Gasteiger partial charge < -0.3 is 14.6 Å². The van der Waals surface area contributed by atoms with Gasteiger partial charge in [-0.25, -0.2) is 4.79 Å². The van der Waals surface area contributed by atoms with Crippen LogP contribution in [0.4, 0.5) is 0 Å². The molecule has 5 heteroatoms. The number of ether oxygens (including phenoxy) is 2. The minimum atomic E-state index is -0.928. The number of benzene rings is 2. The van der Waals surface area contributed by atoms with Crippen LogP contribution in [-0.4, -0.2) is 30.1 Å². The predicted molar refractivity (Wildman–Crippen MR) is 80.3 cm³/mol. The van der Waals surface area contributed by atoms with E-state index in [1.807, 2.05) is 0 Å². The van der Waals surface area contributed by atoms with Gasteiger partial charge in [-0.2, -0.15) is 0 Å². The molecule has 0 aliphatic heterocycles. The molecule has 1 N–H and O–H groups in total. The maximum Gasteiger partial charge on any atom is 0.338 e. The molecule has 0 amide bonds. The number of aromatic hydroxyl groups is 1. The summed E-state index contributed by atoms with van der Waals surface area (Å²) in [6.45, 7) is 1.51. The van der Waals surface area contributed by atoms with E-state index in [9.17, 15) is 14.7 Å². The van der Waals surface area contributed by atoms with Crippen molar-refractivity contribution in [1.29, 1.82) is 0 Å². The van der Waals surface area contributed by atoms with Crippen molar-refractivity contribution in [2.45, 2.75) is 13.0 Å². The predicted octanol–water partition coefficient (Wildman–Crippen LogP) is 2.83. The fourth-order valence-corrected chi connectivity index (χ4v) is 1.90. The first-order valence-electron chi connectivity index (χ1n) is 6.69. The van der Waals surface area contributed by atoms with Crippen molar-refractivity contribution in [3.63, 3.8) is 0 Å². The summed E-state index contributed by atoms with van der Waals surface area (Å²) in [6.07, 6.45) is -0.928. The molecule has 0 saturated carbocycles. The second-order valence-electron chi connectivity index (χ2n) is 4.69. The number of rotatable bonds is 5. The van der Waals surface area contributed by atoms with Gasteiger partial charge in [0.2, 0.25) is 5.78 Å². The number of methoxy groups -OCH3 is 1. The summed E-state index contributed by atoms with van der Waals surface area (Å²) >= 11 is 0. The van der Waals surface area contributed by atoms with Crippen molar-refractivity contribution >= 4 is 11.8 Å². The highest BCUT2D eigenvalue weighted by Gasteiger charge is 2.20. The maximum absolute atomic E-state index is 12.2. The zero-order chi connectivity index (χ0) is 16.1.